The predicted octanol–water partition coefficient (Wildman–Crippen LogP) is 2.14. The molecule has 0 aromatic heterocycles. The maximum Gasteiger partial charge on any atom is 0.246 e. The maximum atomic E-state index is 11.9. The second kappa shape index (κ2) is 5.40. The third-order valence-electron chi connectivity index (χ3n) is 3.40. The summed E-state index contributed by atoms with van der Waals surface area (Å²) in [5.74, 6) is 0.0450. The molecule has 1 aromatic carbocycles. The monoisotopic (exact) mass is 247 g/mol. The third kappa shape index (κ3) is 2.20. The second-order valence-electron chi connectivity index (χ2n) is 4.42. The fraction of sp³-hybridized carbons (Fsp3) is 0.500. The average molecular weight is 247 g/mol. The van der Waals surface area contributed by atoms with Crippen molar-refractivity contribution in [1.82, 2.24) is 5.32 Å². The Morgan fingerprint density at radius 1 is 1.28 bits per heavy atom. The first-order chi connectivity index (χ1) is 8.71. The minimum Gasteiger partial charge on any atom is -0.372 e. The van der Waals surface area contributed by atoms with Crippen molar-refractivity contribution in [3.8, 4) is 0 Å². The molecule has 1 heterocycles. The van der Waals surface area contributed by atoms with Crippen LogP contribution in [0.2, 0.25) is 0 Å². The number of amides is 1. The van der Waals surface area contributed by atoms with Crippen molar-refractivity contribution < 1.29 is 4.79 Å². The maximum absolute atomic E-state index is 11.9. The van der Waals surface area contributed by atoms with Gasteiger partial charge in [-0.25, -0.2) is 0 Å². The van der Waals surface area contributed by atoms with Crippen LogP contribution in [0.1, 0.15) is 32.4 Å². The third-order valence-corrected chi connectivity index (χ3v) is 3.40. The van der Waals surface area contributed by atoms with Gasteiger partial charge in [-0.15, -0.1) is 0 Å². The largest absolute Gasteiger partial charge is 0.372 e. The molecule has 0 bridgehead atoms. The van der Waals surface area contributed by atoms with Gasteiger partial charge in [0.05, 0.1) is 0 Å². The van der Waals surface area contributed by atoms with E-state index >= 15 is 0 Å². The number of hydrogen-bond acceptors (Lipinski definition) is 3. The Morgan fingerprint density at radius 3 is 2.61 bits per heavy atom. The van der Waals surface area contributed by atoms with E-state index in [0.29, 0.717) is 0 Å². The molecule has 0 aliphatic carbocycles. The zero-order chi connectivity index (χ0) is 13.1. The Morgan fingerprint density at radius 2 is 2.00 bits per heavy atom. The molecule has 2 N–H and O–H groups in total. The highest BCUT2D eigenvalue weighted by molar-refractivity contribution is 6.03. The number of carbonyl (C=O) groups is 1. The summed E-state index contributed by atoms with van der Waals surface area (Å²) >= 11 is 0. The van der Waals surface area contributed by atoms with E-state index in [1.807, 2.05) is 13.0 Å². The van der Waals surface area contributed by atoms with Gasteiger partial charge >= 0.3 is 0 Å². The van der Waals surface area contributed by atoms with Gasteiger partial charge in [-0.1, -0.05) is 13.0 Å². The van der Waals surface area contributed by atoms with Gasteiger partial charge in [-0.3, -0.25) is 4.79 Å². The number of anilines is 2. The lowest BCUT2D eigenvalue weighted by Gasteiger charge is -2.21. The molecule has 0 saturated carbocycles. The number of nitrogens with one attached hydrogen (secondary N) is 2. The second-order valence-corrected chi connectivity index (χ2v) is 4.42. The highest BCUT2D eigenvalue weighted by atomic mass is 16.2. The molecule has 0 fully saturated rings. The Kier molecular flexibility index (Phi) is 3.87. The summed E-state index contributed by atoms with van der Waals surface area (Å²) in [4.78, 5) is 14.1. The Balaban J connectivity index is 2.30. The summed E-state index contributed by atoms with van der Waals surface area (Å²) in [5.41, 5.74) is 3.16. The smallest absolute Gasteiger partial charge is 0.246 e. The molecular formula is C14H21N3O. The van der Waals surface area contributed by atoms with E-state index in [-0.39, 0.29) is 11.9 Å². The van der Waals surface area contributed by atoms with Gasteiger partial charge in [0.25, 0.3) is 0 Å². The first-order valence-corrected chi connectivity index (χ1v) is 6.64. The van der Waals surface area contributed by atoms with Crippen molar-refractivity contribution in [2.45, 2.75) is 26.8 Å². The number of carbonyl (C=O) groups excluding carboxylic acids is 1. The van der Waals surface area contributed by atoms with Crippen LogP contribution in [-0.2, 0) is 4.79 Å². The van der Waals surface area contributed by atoms with Crippen LogP contribution >= 0.6 is 0 Å². The van der Waals surface area contributed by atoms with Crippen LogP contribution < -0.4 is 15.5 Å². The van der Waals surface area contributed by atoms with Crippen LogP contribution in [0, 0.1) is 0 Å². The minimum absolute atomic E-state index is 0.0450. The molecule has 1 aliphatic heterocycles. The molecule has 0 spiro atoms. The SMILES string of the molecule is CCNC1C(=O)Nc2cc(N(CC)CC)ccc21. The average Bonchev–Trinajstić information content (AvgIpc) is 2.67. The summed E-state index contributed by atoms with van der Waals surface area (Å²) in [6.45, 7) is 9.01. The number of rotatable bonds is 5. The quantitative estimate of drug-likeness (QED) is 0.838. The van der Waals surface area contributed by atoms with E-state index in [1.165, 1.54) is 0 Å². The number of hydrogen-bond donors (Lipinski definition) is 2. The fourth-order valence-electron chi connectivity index (χ4n) is 2.44. The summed E-state index contributed by atoms with van der Waals surface area (Å²) in [5, 5.41) is 6.15. The zero-order valence-corrected chi connectivity index (χ0v) is 11.3. The van der Waals surface area contributed by atoms with Gasteiger partial charge in [-0.05, 0) is 32.5 Å². The van der Waals surface area contributed by atoms with E-state index < -0.39 is 0 Å². The van der Waals surface area contributed by atoms with Crippen molar-refractivity contribution in [3.63, 3.8) is 0 Å². The summed E-state index contributed by atoms with van der Waals surface area (Å²) < 4.78 is 0. The summed E-state index contributed by atoms with van der Waals surface area (Å²) in [6.07, 6.45) is 0. The van der Waals surface area contributed by atoms with Gasteiger partial charge in [0, 0.05) is 30.0 Å². The van der Waals surface area contributed by atoms with Crippen molar-refractivity contribution in [2.24, 2.45) is 0 Å². The molecule has 1 aliphatic rings. The standard InChI is InChI=1S/C14H21N3O/c1-4-15-13-11-8-7-10(17(5-2)6-3)9-12(11)16-14(13)18/h7-9,13,15H,4-6H2,1-3H3,(H,16,18). The first kappa shape index (κ1) is 12.9. The lowest BCUT2D eigenvalue weighted by Crippen LogP contribution is -2.27. The Hall–Kier alpha value is -1.55. The molecule has 1 amide bonds. The van der Waals surface area contributed by atoms with E-state index in [0.717, 1.165) is 36.6 Å². The van der Waals surface area contributed by atoms with Crippen LogP contribution in [-0.4, -0.2) is 25.5 Å². The first-order valence-electron chi connectivity index (χ1n) is 6.64. The number of benzene rings is 1. The van der Waals surface area contributed by atoms with Gasteiger partial charge in [0.1, 0.15) is 6.04 Å². The Bertz CT molecular complexity index is 441. The molecule has 1 unspecified atom stereocenters. The van der Waals surface area contributed by atoms with E-state index in [4.69, 9.17) is 0 Å². The van der Waals surface area contributed by atoms with Crippen molar-refractivity contribution >= 4 is 17.3 Å². The summed E-state index contributed by atoms with van der Waals surface area (Å²) in [6, 6.07) is 6.01. The van der Waals surface area contributed by atoms with Gasteiger partial charge in [-0.2, -0.15) is 0 Å². The van der Waals surface area contributed by atoms with Crippen LogP contribution in [0.3, 0.4) is 0 Å². The highest BCUT2D eigenvalue weighted by Gasteiger charge is 2.29. The van der Waals surface area contributed by atoms with E-state index in [1.54, 1.807) is 0 Å². The number of nitrogens with zero attached hydrogens (tertiary/aromatic N) is 1. The van der Waals surface area contributed by atoms with E-state index in [2.05, 4.69) is 41.5 Å². The number of likely N-dealkylation sites (N-methyl/N-ethyl adjacent to an activating group) is 1. The fourth-order valence-corrected chi connectivity index (χ4v) is 2.44. The molecule has 2 rings (SSSR count). The molecule has 18 heavy (non-hydrogen) atoms. The molecule has 1 atom stereocenters. The lowest BCUT2D eigenvalue weighted by atomic mass is 10.1. The van der Waals surface area contributed by atoms with Crippen molar-refractivity contribution in [3.05, 3.63) is 23.8 Å². The molecule has 0 saturated heterocycles. The van der Waals surface area contributed by atoms with Crippen LogP contribution in [0.15, 0.2) is 18.2 Å². The minimum atomic E-state index is -0.198. The predicted molar refractivity (Wildman–Crippen MR) is 75.1 cm³/mol. The van der Waals surface area contributed by atoms with Crippen molar-refractivity contribution in [2.75, 3.05) is 29.9 Å². The molecule has 98 valence electrons. The molecule has 0 radical (unpaired) electrons. The van der Waals surface area contributed by atoms with Crippen molar-refractivity contribution in [1.29, 1.82) is 0 Å². The number of fused-ring (bicyclic) bond motifs is 1. The Labute approximate surface area is 108 Å². The van der Waals surface area contributed by atoms with Crippen LogP contribution in [0.4, 0.5) is 11.4 Å². The van der Waals surface area contributed by atoms with Gasteiger partial charge in [0.2, 0.25) is 5.91 Å². The topological polar surface area (TPSA) is 44.4 Å². The zero-order valence-electron chi connectivity index (χ0n) is 11.3. The van der Waals surface area contributed by atoms with Gasteiger partial charge < -0.3 is 15.5 Å². The molecule has 1 aromatic rings. The van der Waals surface area contributed by atoms with Crippen LogP contribution in [0.25, 0.3) is 0 Å². The van der Waals surface area contributed by atoms with Crippen LogP contribution in [0.5, 0.6) is 0 Å². The molecule has 4 nitrogen and oxygen atoms in total. The van der Waals surface area contributed by atoms with Gasteiger partial charge in [0.15, 0.2) is 0 Å². The summed E-state index contributed by atoms with van der Waals surface area (Å²) in [7, 11) is 0. The molecule has 4 heteroatoms. The van der Waals surface area contributed by atoms with E-state index in [9.17, 15) is 4.79 Å². The molecular weight excluding hydrogens is 226 g/mol. The highest BCUT2D eigenvalue weighted by Crippen LogP contribution is 2.33. The lowest BCUT2D eigenvalue weighted by molar-refractivity contribution is -0.117. The normalized spacial score (nSPS) is 17.5.